The maximum atomic E-state index is 5.72. The molecule has 0 atom stereocenters. The molecule has 5 heteroatoms. The van der Waals surface area contributed by atoms with Gasteiger partial charge in [0.25, 0.3) is 0 Å². The van der Waals surface area contributed by atoms with Gasteiger partial charge in [-0.2, -0.15) is 5.10 Å². The van der Waals surface area contributed by atoms with E-state index >= 15 is 0 Å². The maximum Gasteiger partial charge on any atom is 0.240 e. The average molecular weight is 282 g/mol. The Morgan fingerprint density at radius 1 is 1.10 bits per heavy atom. The zero-order valence-corrected chi connectivity index (χ0v) is 11.8. The molecule has 2 aromatic heterocycles. The Kier molecular flexibility index (Phi) is 4.43. The molecule has 0 aliphatic rings. The quantitative estimate of drug-likeness (QED) is 0.676. The van der Waals surface area contributed by atoms with E-state index in [1.807, 2.05) is 18.3 Å². The molecule has 2 heterocycles. The minimum Gasteiger partial charge on any atom is -0.476 e. The summed E-state index contributed by atoms with van der Waals surface area (Å²) in [4.78, 5) is 4.24. The molecule has 5 nitrogen and oxygen atoms in total. The van der Waals surface area contributed by atoms with E-state index in [0.717, 1.165) is 25.0 Å². The topological polar surface area (TPSA) is 51.5 Å². The Morgan fingerprint density at radius 2 is 2.00 bits per heavy atom. The molecule has 0 radical (unpaired) electrons. The van der Waals surface area contributed by atoms with Crippen LogP contribution >= 0.6 is 0 Å². The number of benzene rings is 1. The van der Waals surface area contributed by atoms with Crippen LogP contribution in [0.3, 0.4) is 0 Å². The van der Waals surface area contributed by atoms with Gasteiger partial charge in [-0.3, -0.25) is 0 Å². The second-order valence-corrected chi connectivity index (χ2v) is 4.76. The molecule has 0 saturated carbocycles. The van der Waals surface area contributed by atoms with Crippen molar-refractivity contribution in [3.63, 3.8) is 0 Å². The number of hydrogen-bond donors (Lipinski definition) is 1. The molecular weight excluding hydrogens is 264 g/mol. The Labute approximate surface area is 123 Å². The van der Waals surface area contributed by atoms with Gasteiger partial charge in [-0.25, -0.2) is 9.50 Å². The molecular formula is C16H18N4O. The summed E-state index contributed by atoms with van der Waals surface area (Å²) in [5, 5.41) is 7.56. The highest BCUT2D eigenvalue weighted by molar-refractivity contribution is 5.54. The first-order valence-electron chi connectivity index (χ1n) is 7.09. The van der Waals surface area contributed by atoms with Crippen molar-refractivity contribution in [3.8, 4) is 5.88 Å². The largest absolute Gasteiger partial charge is 0.476 e. The third-order valence-corrected chi connectivity index (χ3v) is 3.20. The first kappa shape index (κ1) is 13.6. The number of hydrogen-bond acceptors (Lipinski definition) is 4. The molecule has 21 heavy (non-hydrogen) atoms. The van der Waals surface area contributed by atoms with Gasteiger partial charge in [0, 0.05) is 18.9 Å². The summed E-state index contributed by atoms with van der Waals surface area (Å²) in [5.41, 5.74) is 2.19. The van der Waals surface area contributed by atoms with Gasteiger partial charge in [0.05, 0.1) is 12.8 Å². The highest BCUT2D eigenvalue weighted by Gasteiger charge is 2.03. The van der Waals surface area contributed by atoms with Crippen molar-refractivity contribution >= 4 is 5.52 Å². The maximum absolute atomic E-state index is 5.72. The van der Waals surface area contributed by atoms with Crippen molar-refractivity contribution in [2.45, 2.75) is 13.0 Å². The van der Waals surface area contributed by atoms with Gasteiger partial charge in [-0.1, -0.05) is 30.3 Å². The molecule has 0 spiro atoms. The number of fused-ring (bicyclic) bond motifs is 1. The van der Waals surface area contributed by atoms with Gasteiger partial charge in [0.1, 0.15) is 5.52 Å². The molecule has 3 aromatic rings. The summed E-state index contributed by atoms with van der Waals surface area (Å²) >= 11 is 0. The van der Waals surface area contributed by atoms with E-state index in [4.69, 9.17) is 4.74 Å². The van der Waals surface area contributed by atoms with Crippen LogP contribution in [0.15, 0.2) is 55.0 Å². The molecule has 0 saturated heterocycles. The van der Waals surface area contributed by atoms with Gasteiger partial charge in [-0.15, -0.1) is 0 Å². The standard InChI is InChI=1S/C16H18N4O/c1-2-5-14(6-3-1)13-17-8-4-12-21-16-15-7-9-19-20(15)11-10-18-16/h1-3,5-7,9-11,17H,4,8,12-13H2. The van der Waals surface area contributed by atoms with E-state index < -0.39 is 0 Å². The molecule has 0 bridgehead atoms. The van der Waals surface area contributed by atoms with Crippen LogP contribution in [0, 0.1) is 0 Å². The molecule has 1 N–H and O–H groups in total. The number of aromatic nitrogens is 3. The van der Waals surface area contributed by atoms with Gasteiger partial charge in [0.15, 0.2) is 0 Å². The van der Waals surface area contributed by atoms with E-state index in [1.54, 1.807) is 16.9 Å². The summed E-state index contributed by atoms with van der Waals surface area (Å²) in [5.74, 6) is 0.637. The number of ether oxygens (including phenoxy) is 1. The normalized spacial score (nSPS) is 10.9. The van der Waals surface area contributed by atoms with E-state index in [-0.39, 0.29) is 0 Å². The van der Waals surface area contributed by atoms with E-state index in [0.29, 0.717) is 12.5 Å². The zero-order valence-electron chi connectivity index (χ0n) is 11.8. The van der Waals surface area contributed by atoms with E-state index in [1.165, 1.54) is 5.56 Å². The van der Waals surface area contributed by atoms with Crippen LogP contribution in [-0.4, -0.2) is 27.7 Å². The molecule has 0 fully saturated rings. The highest BCUT2D eigenvalue weighted by Crippen LogP contribution is 2.14. The fourth-order valence-corrected chi connectivity index (χ4v) is 2.14. The lowest BCUT2D eigenvalue weighted by Crippen LogP contribution is -2.17. The molecule has 0 aliphatic carbocycles. The Morgan fingerprint density at radius 3 is 2.90 bits per heavy atom. The number of nitrogens with one attached hydrogen (secondary N) is 1. The van der Waals surface area contributed by atoms with Crippen LogP contribution in [0.5, 0.6) is 5.88 Å². The summed E-state index contributed by atoms with van der Waals surface area (Å²) in [6, 6.07) is 12.3. The monoisotopic (exact) mass is 282 g/mol. The van der Waals surface area contributed by atoms with Crippen molar-refractivity contribution in [3.05, 3.63) is 60.6 Å². The Bertz CT molecular complexity index is 681. The Hall–Kier alpha value is -2.40. The van der Waals surface area contributed by atoms with Crippen LogP contribution in [0.2, 0.25) is 0 Å². The van der Waals surface area contributed by atoms with Gasteiger partial charge < -0.3 is 10.1 Å². The fraction of sp³-hybridized carbons (Fsp3) is 0.250. The minimum absolute atomic E-state index is 0.637. The van der Waals surface area contributed by atoms with Crippen molar-refractivity contribution in [2.75, 3.05) is 13.2 Å². The van der Waals surface area contributed by atoms with Gasteiger partial charge >= 0.3 is 0 Å². The van der Waals surface area contributed by atoms with Crippen molar-refractivity contribution in [1.82, 2.24) is 19.9 Å². The molecule has 0 aliphatic heterocycles. The van der Waals surface area contributed by atoms with Crippen LogP contribution in [0.1, 0.15) is 12.0 Å². The molecule has 0 amide bonds. The lowest BCUT2D eigenvalue weighted by atomic mass is 10.2. The molecule has 0 unspecified atom stereocenters. The summed E-state index contributed by atoms with van der Waals surface area (Å²) in [7, 11) is 0. The smallest absolute Gasteiger partial charge is 0.240 e. The first-order chi connectivity index (χ1) is 10.4. The molecule has 3 rings (SSSR count). The SMILES string of the molecule is c1ccc(CNCCCOc2nccn3nccc23)cc1. The van der Waals surface area contributed by atoms with Crippen molar-refractivity contribution < 1.29 is 4.74 Å². The van der Waals surface area contributed by atoms with Crippen molar-refractivity contribution in [2.24, 2.45) is 0 Å². The zero-order chi connectivity index (χ0) is 14.3. The van der Waals surface area contributed by atoms with Crippen LogP contribution in [-0.2, 0) is 6.54 Å². The third-order valence-electron chi connectivity index (χ3n) is 3.20. The minimum atomic E-state index is 0.637. The third kappa shape index (κ3) is 3.58. The van der Waals surface area contributed by atoms with Gasteiger partial charge in [-0.05, 0) is 24.6 Å². The van der Waals surface area contributed by atoms with E-state index in [9.17, 15) is 0 Å². The number of rotatable bonds is 7. The van der Waals surface area contributed by atoms with Gasteiger partial charge in [0.2, 0.25) is 5.88 Å². The summed E-state index contributed by atoms with van der Waals surface area (Å²) < 4.78 is 7.48. The summed E-state index contributed by atoms with van der Waals surface area (Å²) in [6.07, 6.45) is 6.18. The van der Waals surface area contributed by atoms with Crippen molar-refractivity contribution in [1.29, 1.82) is 0 Å². The van der Waals surface area contributed by atoms with Crippen LogP contribution in [0.25, 0.3) is 5.52 Å². The average Bonchev–Trinajstić information content (AvgIpc) is 3.01. The lowest BCUT2D eigenvalue weighted by molar-refractivity contribution is 0.299. The summed E-state index contributed by atoms with van der Waals surface area (Å²) in [6.45, 7) is 2.44. The second kappa shape index (κ2) is 6.85. The molecule has 1 aromatic carbocycles. The number of nitrogens with zero attached hydrogens (tertiary/aromatic N) is 3. The predicted molar refractivity (Wildman–Crippen MR) is 81.2 cm³/mol. The highest BCUT2D eigenvalue weighted by atomic mass is 16.5. The Balaban J connectivity index is 1.40. The predicted octanol–water partition coefficient (Wildman–Crippen LogP) is 2.29. The van der Waals surface area contributed by atoms with Crippen LogP contribution < -0.4 is 10.1 Å². The lowest BCUT2D eigenvalue weighted by Gasteiger charge is -2.07. The van der Waals surface area contributed by atoms with Crippen LogP contribution in [0.4, 0.5) is 0 Å². The fourth-order valence-electron chi connectivity index (χ4n) is 2.14. The molecule has 108 valence electrons. The first-order valence-corrected chi connectivity index (χ1v) is 7.09. The second-order valence-electron chi connectivity index (χ2n) is 4.76. The van der Waals surface area contributed by atoms with E-state index in [2.05, 4.69) is 39.7 Å².